The molecule has 1 amide bonds. The molecule has 2 aromatic rings. The molecule has 0 spiro atoms. The minimum Gasteiger partial charge on any atom is -0.381 e. The van der Waals surface area contributed by atoms with Crippen molar-refractivity contribution in [3.05, 3.63) is 65.2 Å². The molecule has 2 aromatic carbocycles. The smallest absolute Gasteiger partial charge is 0.251 e. The van der Waals surface area contributed by atoms with Gasteiger partial charge in [0.25, 0.3) is 5.91 Å². The topological polar surface area (TPSA) is 55.1 Å². The molecule has 0 radical (unpaired) electrons. The zero-order chi connectivity index (χ0) is 13.8. The van der Waals surface area contributed by atoms with Crippen LogP contribution >= 0.6 is 0 Å². The summed E-state index contributed by atoms with van der Waals surface area (Å²) >= 11 is 0. The van der Waals surface area contributed by atoms with Gasteiger partial charge in [0, 0.05) is 12.2 Å². The van der Waals surface area contributed by atoms with Crippen molar-refractivity contribution >= 4 is 11.6 Å². The number of carbonyl (C=O) groups excluding carboxylic acids is 1. The molecule has 5 heteroatoms. The third kappa shape index (κ3) is 3.28. The number of anilines is 1. The van der Waals surface area contributed by atoms with Gasteiger partial charge in [0.1, 0.15) is 11.6 Å². The van der Waals surface area contributed by atoms with E-state index in [-0.39, 0.29) is 11.4 Å². The van der Waals surface area contributed by atoms with Crippen LogP contribution in [0.2, 0.25) is 0 Å². The standard InChI is InChI=1S/C14H12F2N2O/c15-10-3-1-2-9(6-10)8-18-11-4-5-13(16)12(7-11)14(17)19/h1-7,18H,8H2,(H2,17,19). The van der Waals surface area contributed by atoms with E-state index >= 15 is 0 Å². The Labute approximate surface area is 109 Å². The molecule has 0 atom stereocenters. The molecule has 0 fully saturated rings. The van der Waals surface area contributed by atoms with Crippen molar-refractivity contribution in [2.45, 2.75) is 6.54 Å². The lowest BCUT2D eigenvalue weighted by atomic mass is 10.1. The summed E-state index contributed by atoms with van der Waals surface area (Å²) in [6, 6.07) is 10.1. The van der Waals surface area contributed by atoms with Crippen LogP contribution in [0.5, 0.6) is 0 Å². The summed E-state index contributed by atoms with van der Waals surface area (Å²) in [6.07, 6.45) is 0. The van der Waals surface area contributed by atoms with Crippen LogP contribution in [0.1, 0.15) is 15.9 Å². The fourth-order valence-electron chi connectivity index (χ4n) is 1.68. The second kappa shape index (κ2) is 5.48. The van der Waals surface area contributed by atoms with Crippen molar-refractivity contribution in [1.82, 2.24) is 0 Å². The Morgan fingerprint density at radius 3 is 2.63 bits per heavy atom. The van der Waals surface area contributed by atoms with Crippen LogP contribution in [0.15, 0.2) is 42.5 Å². The monoisotopic (exact) mass is 262 g/mol. The minimum absolute atomic E-state index is 0.177. The number of amides is 1. The second-order valence-electron chi connectivity index (χ2n) is 4.04. The lowest BCUT2D eigenvalue weighted by Crippen LogP contribution is -2.13. The number of nitrogens with two attached hydrogens (primary N) is 1. The summed E-state index contributed by atoms with van der Waals surface area (Å²) in [5.74, 6) is -1.81. The fourth-order valence-corrected chi connectivity index (χ4v) is 1.68. The molecule has 0 heterocycles. The average molecular weight is 262 g/mol. The molecule has 0 unspecified atom stereocenters. The molecule has 0 saturated heterocycles. The van der Waals surface area contributed by atoms with Crippen LogP contribution in [0.25, 0.3) is 0 Å². The summed E-state index contributed by atoms with van der Waals surface area (Å²) in [6.45, 7) is 0.363. The Bertz CT molecular complexity index is 614. The number of hydrogen-bond acceptors (Lipinski definition) is 2. The van der Waals surface area contributed by atoms with E-state index in [0.717, 1.165) is 11.6 Å². The highest BCUT2D eigenvalue weighted by Crippen LogP contribution is 2.15. The quantitative estimate of drug-likeness (QED) is 0.890. The Hall–Kier alpha value is -2.43. The van der Waals surface area contributed by atoms with Crippen molar-refractivity contribution in [1.29, 1.82) is 0 Å². The summed E-state index contributed by atoms with van der Waals surface area (Å²) in [5, 5.41) is 2.97. The number of halogens is 2. The van der Waals surface area contributed by atoms with E-state index in [1.54, 1.807) is 12.1 Å². The molecule has 0 aromatic heterocycles. The van der Waals surface area contributed by atoms with E-state index in [4.69, 9.17) is 5.73 Å². The maximum absolute atomic E-state index is 13.3. The lowest BCUT2D eigenvalue weighted by Gasteiger charge is -2.08. The fraction of sp³-hybridized carbons (Fsp3) is 0.0714. The van der Waals surface area contributed by atoms with Crippen LogP contribution in [0.3, 0.4) is 0 Å². The molecule has 0 aliphatic heterocycles. The Morgan fingerprint density at radius 1 is 1.16 bits per heavy atom. The van der Waals surface area contributed by atoms with E-state index in [9.17, 15) is 13.6 Å². The molecule has 3 nitrogen and oxygen atoms in total. The number of primary amides is 1. The highest BCUT2D eigenvalue weighted by molar-refractivity contribution is 5.94. The van der Waals surface area contributed by atoms with Crippen molar-refractivity contribution in [3.8, 4) is 0 Å². The number of benzene rings is 2. The number of rotatable bonds is 4. The summed E-state index contributed by atoms with van der Waals surface area (Å²) in [4.78, 5) is 11.0. The van der Waals surface area contributed by atoms with Crippen LogP contribution in [-0.2, 0) is 6.54 Å². The number of carbonyl (C=O) groups is 1. The lowest BCUT2D eigenvalue weighted by molar-refractivity contribution is 0.0996. The van der Waals surface area contributed by atoms with Gasteiger partial charge in [0.15, 0.2) is 0 Å². The first-order valence-corrected chi connectivity index (χ1v) is 5.64. The first-order chi connectivity index (χ1) is 9.06. The predicted octanol–water partition coefficient (Wildman–Crippen LogP) is 2.68. The number of nitrogens with one attached hydrogen (secondary N) is 1. The normalized spacial score (nSPS) is 10.2. The van der Waals surface area contributed by atoms with E-state index in [1.807, 2.05) is 0 Å². The van der Waals surface area contributed by atoms with Crippen LogP contribution in [0.4, 0.5) is 14.5 Å². The molecule has 98 valence electrons. The maximum Gasteiger partial charge on any atom is 0.251 e. The zero-order valence-corrected chi connectivity index (χ0v) is 9.99. The zero-order valence-electron chi connectivity index (χ0n) is 9.99. The molecular formula is C14H12F2N2O. The Balaban J connectivity index is 2.12. The summed E-state index contributed by atoms with van der Waals surface area (Å²) in [5.41, 5.74) is 6.16. The SMILES string of the molecule is NC(=O)c1cc(NCc2cccc(F)c2)ccc1F. The van der Waals surface area contributed by atoms with E-state index in [1.165, 1.54) is 24.3 Å². The van der Waals surface area contributed by atoms with Gasteiger partial charge in [-0.05, 0) is 35.9 Å². The highest BCUT2D eigenvalue weighted by atomic mass is 19.1. The minimum atomic E-state index is -0.827. The first-order valence-electron chi connectivity index (χ1n) is 5.64. The predicted molar refractivity (Wildman–Crippen MR) is 68.6 cm³/mol. The molecule has 0 saturated carbocycles. The molecular weight excluding hydrogens is 250 g/mol. The largest absolute Gasteiger partial charge is 0.381 e. The molecule has 19 heavy (non-hydrogen) atoms. The van der Waals surface area contributed by atoms with Gasteiger partial charge in [-0.15, -0.1) is 0 Å². The van der Waals surface area contributed by atoms with Gasteiger partial charge >= 0.3 is 0 Å². The Morgan fingerprint density at radius 2 is 1.95 bits per heavy atom. The average Bonchev–Trinajstić information content (AvgIpc) is 2.37. The van der Waals surface area contributed by atoms with Crippen molar-refractivity contribution in [3.63, 3.8) is 0 Å². The van der Waals surface area contributed by atoms with Gasteiger partial charge < -0.3 is 11.1 Å². The van der Waals surface area contributed by atoms with Crippen LogP contribution in [0, 0.1) is 11.6 Å². The molecule has 0 bridgehead atoms. The van der Waals surface area contributed by atoms with Crippen molar-refractivity contribution < 1.29 is 13.6 Å². The van der Waals surface area contributed by atoms with Gasteiger partial charge in [-0.25, -0.2) is 8.78 Å². The van der Waals surface area contributed by atoms with Crippen LogP contribution < -0.4 is 11.1 Å². The second-order valence-corrected chi connectivity index (χ2v) is 4.04. The molecule has 3 N–H and O–H groups in total. The van der Waals surface area contributed by atoms with Gasteiger partial charge in [-0.3, -0.25) is 4.79 Å². The Kier molecular flexibility index (Phi) is 3.75. The first kappa shape index (κ1) is 13.0. The van der Waals surface area contributed by atoms with E-state index < -0.39 is 11.7 Å². The van der Waals surface area contributed by atoms with Gasteiger partial charge in [0.05, 0.1) is 5.56 Å². The summed E-state index contributed by atoms with van der Waals surface area (Å²) in [7, 11) is 0. The van der Waals surface area contributed by atoms with Gasteiger partial charge in [-0.2, -0.15) is 0 Å². The van der Waals surface area contributed by atoms with Crippen molar-refractivity contribution in [2.75, 3.05) is 5.32 Å². The molecule has 0 aliphatic carbocycles. The van der Waals surface area contributed by atoms with Crippen molar-refractivity contribution in [2.24, 2.45) is 5.73 Å². The third-order valence-electron chi connectivity index (χ3n) is 2.62. The van der Waals surface area contributed by atoms with E-state index in [0.29, 0.717) is 12.2 Å². The highest BCUT2D eigenvalue weighted by Gasteiger charge is 2.08. The molecule has 2 rings (SSSR count). The molecule has 0 aliphatic rings. The number of hydrogen-bond donors (Lipinski definition) is 2. The maximum atomic E-state index is 13.3. The third-order valence-corrected chi connectivity index (χ3v) is 2.62. The van der Waals surface area contributed by atoms with Gasteiger partial charge in [-0.1, -0.05) is 12.1 Å². The summed E-state index contributed by atoms with van der Waals surface area (Å²) < 4.78 is 26.2. The van der Waals surface area contributed by atoms with Gasteiger partial charge in [0.2, 0.25) is 0 Å². The van der Waals surface area contributed by atoms with Crippen LogP contribution in [-0.4, -0.2) is 5.91 Å². The van der Waals surface area contributed by atoms with E-state index in [2.05, 4.69) is 5.32 Å².